The zero-order chi connectivity index (χ0) is 15.2. The average molecular weight is 280 g/mol. The van der Waals surface area contributed by atoms with E-state index in [4.69, 9.17) is 5.11 Å². The van der Waals surface area contributed by atoms with Crippen molar-refractivity contribution in [2.24, 2.45) is 0 Å². The number of pyridine rings is 1. The molecule has 0 aliphatic carbocycles. The Morgan fingerprint density at radius 3 is 2.81 bits per heavy atom. The summed E-state index contributed by atoms with van der Waals surface area (Å²) in [5, 5.41) is 8.78. The van der Waals surface area contributed by atoms with Crippen molar-refractivity contribution >= 4 is 11.6 Å². The minimum absolute atomic E-state index is 0.117. The largest absolute Gasteiger partial charge is 0.384 e. The number of rotatable bonds is 2. The van der Waals surface area contributed by atoms with Crippen molar-refractivity contribution < 1.29 is 9.90 Å². The van der Waals surface area contributed by atoms with E-state index in [0.29, 0.717) is 5.56 Å². The normalized spacial score (nSPS) is 9.67. The molecule has 2 aromatic rings. The third-order valence-electron chi connectivity index (χ3n) is 3.20. The first-order valence-corrected chi connectivity index (χ1v) is 6.52. The third-order valence-corrected chi connectivity index (χ3v) is 3.20. The van der Waals surface area contributed by atoms with Crippen LogP contribution in [0.4, 0.5) is 5.69 Å². The fraction of sp³-hybridized carbons (Fsp3) is 0.176. The average Bonchev–Trinajstić information content (AvgIpc) is 2.53. The van der Waals surface area contributed by atoms with E-state index in [1.807, 2.05) is 19.1 Å². The summed E-state index contributed by atoms with van der Waals surface area (Å²) in [5.41, 5.74) is 2.87. The second-order valence-corrected chi connectivity index (χ2v) is 4.51. The highest BCUT2D eigenvalue weighted by Crippen LogP contribution is 2.18. The van der Waals surface area contributed by atoms with Gasteiger partial charge in [0.2, 0.25) is 0 Å². The van der Waals surface area contributed by atoms with Gasteiger partial charge in [0.05, 0.1) is 11.9 Å². The van der Waals surface area contributed by atoms with Crippen LogP contribution in [0.5, 0.6) is 0 Å². The monoisotopic (exact) mass is 280 g/mol. The van der Waals surface area contributed by atoms with Crippen LogP contribution in [0.2, 0.25) is 0 Å². The van der Waals surface area contributed by atoms with Crippen molar-refractivity contribution in [3.63, 3.8) is 0 Å². The molecule has 0 aliphatic rings. The molecule has 0 aliphatic heterocycles. The van der Waals surface area contributed by atoms with Crippen LogP contribution in [0.25, 0.3) is 0 Å². The van der Waals surface area contributed by atoms with Crippen molar-refractivity contribution in [1.82, 2.24) is 4.98 Å². The van der Waals surface area contributed by atoms with Crippen molar-refractivity contribution in [3.05, 3.63) is 59.4 Å². The summed E-state index contributed by atoms with van der Waals surface area (Å²) in [6.07, 6.45) is 3.31. The van der Waals surface area contributed by atoms with Crippen LogP contribution in [-0.4, -0.2) is 29.7 Å². The van der Waals surface area contributed by atoms with Crippen LogP contribution in [0.3, 0.4) is 0 Å². The molecule has 4 heteroatoms. The van der Waals surface area contributed by atoms with Gasteiger partial charge in [-0.2, -0.15) is 0 Å². The van der Waals surface area contributed by atoms with E-state index in [1.54, 1.807) is 42.5 Å². The van der Waals surface area contributed by atoms with Gasteiger partial charge in [-0.3, -0.25) is 9.78 Å². The summed E-state index contributed by atoms with van der Waals surface area (Å²) in [6.45, 7) is 1.65. The molecule has 106 valence electrons. The van der Waals surface area contributed by atoms with Gasteiger partial charge in [0.1, 0.15) is 6.61 Å². The highest BCUT2D eigenvalue weighted by atomic mass is 16.2. The maximum atomic E-state index is 12.6. The van der Waals surface area contributed by atoms with Gasteiger partial charge in [-0.15, -0.1) is 0 Å². The van der Waals surface area contributed by atoms with Crippen LogP contribution < -0.4 is 4.90 Å². The van der Waals surface area contributed by atoms with E-state index in [9.17, 15) is 4.79 Å². The Bertz CT molecular complexity index is 700. The van der Waals surface area contributed by atoms with E-state index in [0.717, 1.165) is 16.8 Å². The molecule has 1 heterocycles. The van der Waals surface area contributed by atoms with Gasteiger partial charge in [0.25, 0.3) is 5.91 Å². The number of anilines is 1. The Kier molecular flexibility index (Phi) is 4.70. The number of nitrogens with zero attached hydrogens (tertiary/aromatic N) is 2. The molecular weight excluding hydrogens is 264 g/mol. The molecule has 1 amide bonds. The quantitative estimate of drug-likeness (QED) is 0.856. The lowest BCUT2D eigenvalue weighted by atomic mass is 10.0. The number of carbonyl (C=O) groups excluding carboxylic acids is 1. The van der Waals surface area contributed by atoms with E-state index in [-0.39, 0.29) is 12.5 Å². The predicted molar refractivity (Wildman–Crippen MR) is 82.1 cm³/mol. The maximum absolute atomic E-state index is 12.6. The molecule has 21 heavy (non-hydrogen) atoms. The smallest absolute Gasteiger partial charge is 0.258 e. The molecule has 0 saturated heterocycles. The fourth-order valence-corrected chi connectivity index (χ4v) is 1.99. The Morgan fingerprint density at radius 2 is 2.14 bits per heavy atom. The first kappa shape index (κ1) is 14.8. The van der Waals surface area contributed by atoms with Gasteiger partial charge in [-0.1, -0.05) is 17.9 Å². The van der Waals surface area contributed by atoms with Crippen LogP contribution in [0.15, 0.2) is 42.7 Å². The molecule has 1 aromatic carbocycles. The maximum Gasteiger partial charge on any atom is 0.258 e. The van der Waals surface area contributed by atoms with Crippen LogP contribution in [0.1, 0.15) is 21.5 Å². The number of benzene rings is 1. The molecule has 1 aromatic heterocycles. The molecule has 0 radical (unpaired) electrons. The molecule has 4 nitrogen and oxygen atoms in total. The number of amides is 1. The first-order valence-electron chi connectivity index (χ1n) is 6.52. The number of hydrogen-bond acceptors (Lipinski definition) is 3. The van der Waals surface area contributed by atoms with Crippen molar-refractivity contribution in [3.8, 4) is 11.8 Å². The topological polar surface area (TPSA) is 53.4 Å². The summed E-state index contributed by atoms with van der Waals surface area (Å²) in [4.78, 5) is 18.2. The molecule has 1 N–H and O–H groups in total. The Labute approximate surface area is 124 Å². The molecule has 0 spiro atoms. The number of aliphatic hydroxyl groups excluding tert-OH is 1. The lowest BCUT2D eigenvalue weighted by Gasteiger charge is -2.18. The van der Waals surface area contributed by atoms with Gasteiger partial charge < -0.3 is 10.0 Å². The van der Waals surface area contributed by atoms with E-state index in [2.05, 4.69) is 16.8 Å². The number of carbonyl (C=O) groups is 1. The number of aromatic nitrogens is 1. The summed E-state index contributed by atoms with van der Waals surface area (Å²) < 4.78 is 0. The summed E-state index contributed by atoms with van der Waals surface area (Å²) in [7, 11) is 1.71. The summed E-state index contributed by atoms with van der Waals surface area (Å²) in [6, 6.07) is 9.01. The molecular formula is C17H16N2O2. The standard InChI is InChI=1S/C17H16N2O2/c1-13-14(7-5-11-20)6-3-9-16(13)17(21)19(2)15-8-4-10-18-12-15/h3-4,6,8-10,12,20H,11H2,1-2H3. The van der Waals surface area contributed by atoms with Gasteiger partial charge in [0.15, 0.2) is 0 Å². The SMILES string of the molecule is Cc1c(C#CCO)cccc1C(=O)N(C)c1cccnc1. The van der Waals surface area contributed by atoms with Crippen molar-refractivity contribution in [1.29, 1.82) is 0 Å². The molecule has 0 unspecified atom stereocenters. The zero-order valence-corrected chi connectivity index (χ0v) is 12.0. The van der Waals surface area contributed by atoms with E-state index in [1.165, 1.54) is 0 Å². The first-order chi connectivity index (χ1) is 10.1. The highest BCUT2D eigenvalue weighted by molar-refractivity contribution is 6.06. The van der Waals surface area contributed by atoms with Crippen LogP contribution >= 0.6 is 0 Å². The van der Waals surface area contributed by atoms with E-state index < -0.39 is 0 Å². The van der Waals surface area contributed by atoms with Crippen LogP contribution in [0, 0.1) is 18.8 Å². The van der Waals surface area contributed by atoms with Gasteiger partial charge in [-0.25, -0.2) is 0 Å². The minimum Gasteiger partial charge on any atom is -0.384 e. The third kappa shape index (κ3) is 3.28. The molecule has 0 fully saturated rings. The van der Waals surface area contributed by atoms with Gasteiger partial charge in [-0.05, 0) is 36.8 Å². The summed E-state index contributed by atoms with van der Waals surface area (Å²) >= 11 is 0. The lowest BCUT2D eigenvalue weighted by molar-refractivity contribution is 0.0992. The molecule has 0 atom stereocenters. The van der Waals surface area contributed by atoms with E-state index >= 15 is 0 Å². The second kappa shape index (κ2) is 6.69. The predicted octanol–water partition coefficient (Wildman–Crippen LogP) is 2.01. The Hall–Kier alpha value is -2.64. The molecule has 0 saturated carbocycles. The van der Waals surface area contributed by atoms with Gasteiger partial charge >= 0.3 is 0 Å². The lowest BCUT2D eigenvalue weighted by Crippen LogP contribution is -2.27. The Morgan fingerprint density at radius 1 is 1.33 bits per heavy atom. The highest BCUT2D eigenvalue weighted by Gasteiger charge is 2.16. The summed E-state index contributed by atoms with van der Waals surface area (Å²) in [5.74, 6) is 5.34. The fourth-order valence-electron chi connectivity index (χ4n) is 1.99. The zero-order valence-electron chi connectivity index (χ0n) is 12.0. The minimum atomic E-state index is -0.201. The van der Waals surface area contributed by atoms with Gasteiger partial charge in [0, 0.05) is 24.4 Å². The van der Waals surface area contributed by atoms with Crippen molar-refractivity contribution in [2.45, 2.75) is 6.92 Å². The van der Waals surface area contributed by atoms with Crippen LogP contribution in [-0.2, 0) is 0 Å². The molecule has 2 rings (SSSR count). The number of aliphatic hydroxyl groups is 1. The van der Waals surface area contributed by atoms with Crippen molar-refractivity contribution in [2.75, 3.05) is 18.6 Å². The molecule has 0 bridgehead atoms. The Balaban J connectivity index is 2.36. The second-order valence-electron chi connectivity index (χ2n) is 4.51. The number of hydrogen-bond donors (Lipinski definition) is 1.